The van der Waals surface area contributed by atoms with Gasteiger partial charge in [-0.05, 0) is 133 Å². The number of fused-ring (bicyclic) bond motifs is 7. The van der Waals surface area contributed by atoms with Crippen molar-refractivity contribution in [2.24, 2.45) is 0 Å². The van der Waals surface area contributed by atoms with Gasteiger partial charge in [0, 0.05) is 27.7 Å². The van der Waals surface area contributed by atoms with Gasteiger partial charge in [0.1, 0.15) is 11.2 Å². The van der Waals surface area contributed by atoms with Crippen molar-refractivity contribution in [3.05, 3.63) is 283 Å². The van der Waals surface area contributed by atoms with Gasteiger partial charge in [0.05, 0.1) is 11.1 Å². The topological polar surface area (TPSA) is 16.4 Å². The van der Waals surface area contributed by atoms with Gasteiger partial charge in [-0.25, -0.2) is 0 Å². The van der Waals surface area contributed by atoms with E-state index in [0.717, 1.165) is 55.7 Å². The van der Waals surface area contributed by atoms with E-state index in [1.165, 1.54) is 60.8 Å². The highest BCUT2D eigenvalue weighted by Gasteiger charge is 2.46. The second-order valence-electron chi connectivity index (χ2n) is 17.6. The second-order valence-corrected chi connectivity index (χ2v) is 17.6. The van der Waals surface area contributed by atoms with Crippen molar-refractivity contribution in [3.8, 4) is 44.5 Å². The van der Waals surface area contributed by atoms with Crippen LogP contribution in [0, 0.1) is 0 Å². The van der Waals surface area contributed by atoms with Crippen molar-refractivity contribution < 1.29 is 4.42 Å². The summed E-state index contributed by atoms with van der Waals surface area (Å²) in [5, 5.41) is 4.72. The first-order valence-corrected chi connectivity index (χ1v) is 23.1. The summed E-state index contributed by atoms with van der Waals surface area (Å²) < 4.78 is 6.31. The third kappa shape index (κ3) is 6.33. The Kier molecular flexibility index (Phi) is 9.11. The highest BCUT2D eigenvalue weighted by atomic mass is 16.3. The Hall–Kier alpha value is -8.72. The molecule has 67 heavy (non-hydrogen) atoms. The highest BCUT2D eigenvalue weighted by Crippen LogP contribution is 2.57. The van der Waals surface area contributed by atoms with E-state index in [2.05, 4.69) is 254 Å². The van der Waals surface area contributed by atoms with E-state index in [9.17, 15) is 0 Å². The molecule has 314 valence electrons. The van der Waals surface area contributed by atoms with Crippen molar-refractivity contribution in [2.45, 2.75) is 5.41 Å². The van der Waals surface area contributed by atoms with Crippen LogP contribution in [-0.4, -0.2) is 0 Å². The normalized spacial score (nSPS) is 12.6. The van der Waals surface area contributed by atoms with Crippen LogP contribution in [0.2, 0.25) is 0 Å². The summed E-state index contributed by atoms with van der Waals surface area (Å²) in [5.74, 6) is 0. The molecule has 1 heterocycles. The Labute approximate surface area is 390 Å². The molecule has 0 unspecified atom stereocenters. The molecule has 0 N–H and O–H groups in total. The molecule has 12 aromatic rings. The number of rotatable bonds is 8. The summed E-state index contributed by atoms with van der Waals surface area (Å²) in [5.41, 5.74) is 19.0. The first-order valence-electron chi connectivity index (χ1n) is 23.1. The number of hydrogen-bond donors (Lipinski definition) is 0. The van der Waals surface area contributed by atoms with Gasteiger partial charge in [-0.3, -0.25) is 0 Å². The predicted molar refractivity (Wildman–Crippen MR) is 280 cm³/mol. The van der Waals surface area contributed by atoms with Crippen LogP contribution < -0.4 is 4.90 Å². The lowest BCUT2D eigenvalue weighted by Gasteiger charge is -2.35. The number of nitrogens with zero attached hydrogens (tertiary/aromatic N) is 1. The molecule has 1 aliphatic rings. The molecular weight excluding hydrogens is 811 g/mol. The fraction of sp³-hybridized carbons (Fsp3) is 0.0154. The smallest absolute Gasteiger partial charge is 0.135 e. The minimum Gasteiger partial charge on any atom is -0.456 e. The number of anilines is 3. The van der Waals surface area contributed by atoms with Crippen LogP contribution in [0.3, 0.4) is 0 Å². The van der Waals surface area contributed by atoms with Gasteiger partial charge in [0.2, 0.25) is 0 Å². The molecule has 0 atom stereocenters. The standard InChI is InChI=1S/C65H43NO/c1-3-20-51(21-4-1)65(52-22-5-2-6-23-52)60-27-12-9-25-56(60)57-38-37-54(43-61(57)65)66(62-28-13-10-24-55(62)50-34-39-64-59(42-50)58-26-11-14-29-63(58)67-64)53-35-32-45(33-36-53)47-18-15-19-48(40-47)49-31-30-44-16-7-8-17-46(44)41-49/h1-43H. The maximum atomic E-state index is 6.31. The molecule has 0 amide bonds. The SMILES string of the molecule is c1ccc(C2(c3ccccc3)c3ccccc3-c3ccc(N(c4ccc(-c5cccc(-c6ccc7ccccc7c6)c5)cc4)c4ccccc4-c4ccc5oc6ccccc6c5c4)cc32)cc1. The third-order valence-electron chi connectivity index (χ3n) is 13.9. The first-order chi connectivity index (χ1) is 33.2. The fourth-order valence-electron chi connectivity index (χ4n) is 10.9. The average Bonchev–Trinajstić information content (AvgIpc) is 3.93. The van der Waals surface area contributed by atoms with Gasteiger partial charge >= 0.3 is 0 Å². The van der Waals surface area contributed by atoms with E-state index in [1.807, 2.05) is 12.1 Å². The van der Waals surface area contributed by atoms with Gasteiger partial charge in [0.25, 0.3) is 0 Å². The summed E-state index contributed by atoms with van der Waals surface area (Å²) in [6.07, 6.45) is 0. The molecule has 2 heteroatoms. The first kappa shape index (κ1) is 38.7. The third-order valence-corrected chi connectivity index (χ3v) is 13.9. The van der Waals surface area contributed by atoms with Crippen LogP contribution in [0.15, 0.2) is 265 Å². The van der Waals surface area contributed by atoms with Crippen LogP contribution >= 0.6 is 0 Å². The van der Waals surface area contributed by atoms with Crippen molar-refractivity contribution in [1.82, 2.24) is 0 Å². The summed E-state index contributed by atoms with van der Waals surface area (Å²) in [4.78, 5) is 2.45. The van der Waals surface area contributed by atoms with E-state index in [0.29, 0.717) is 0 Å². The summed E-state index contributed by atoms with van der Waals surface area (Å²) in [6, 6.07) is 95.2. The zero-order chi connectivity index (χ0) is 44.3. The van der Waals surface area contributed by atoms with Crippen LogP contribution in [0.25, 0.3) is 77.2 Å². The number of hydrogen-bond acceptors (Lipinski definition) is 2. The Morgan fingerprint density at radius 1 is 0.299 bits per heavy atom. The molecule has 0 aliphatic heterocycles. The number of para-hydroxylation sites is 2. The monoisotopic (exact) mass is 853 g/mol. The minimum atomic E-state index is -0.539. The number of benzene rings is 11. The largest absolute Gasteiger partial charge is 0.456 e. The molecule has 0 bridgehead atoms. The van der Waals surface area contributed by atoms with E-state index < -0.39 is 5.41 Å². The Morgan fingerprint density at radius 2 is 0.881 bits per heavy atom. The van der Waals surface area contributed by atoms with Gasteiger partial charge in [-0.2, -0.15) is 0 Å². The molecule has 0 saturated heterocycles. The van der Waals surface area contributed by atoms with Crippen LogP contribution in [0.5, 0.6) is 0 Å². The minimum absolute atomic E-state index is 0.539. The van der Waals surface area contributed by atoms with Crippen LogP contribution in [0.4, 0.5) is 17.1 Å². The van der Waals surface area contributed by atoms with Crippen LogP contribution in [0.1, 0.15) is 22.3 Å². The average molecular weight is 854 g/mol. The van der Waals surface area contributed by atoms with Gasteiger partial charge in [0.15, 0.2) is 0 Å². The summed E-state index contributed by atoms with van der Waals surface area (Å²) in [6.45, 7) is 0. The molecule has 2 nitrogen and oxygen atoms in total. The van der Waals surface area contributed by atoms with Gasteiger partial charge < -0.3 is 9.32 Å². The van der Waals surface area contributed by atoms with E-state index in [-0.39, 0.29) is 0 Å². The van der Waals surface area contributed by atoms with Crippen molar-refractivity contribution in [3.63, 3.8) is 0 Å². The molecule has 0 spiro atoms. The molecule has 0 radical (unpaired) electrons. The zero-order valence-corrected chi connectivity index (χ0v) is 36.7. The molecule has 0 fully saturated rings. The summed E-state index contributed by atoms with van der Waals surface area (Å²) in [7, 11) is 0. The number of furan rings is 1. The molecule has 11 aromatic carbocycles. The zero-order valence-electron chi connectivity index (χ0n) is 36.7. The summed E-state index contributed by atoms with van der Waals surface area (Å²) >= 11 is 0. The van der Waals surface area contributed by atoms with Gasteiger partial charge in [-0.15, -0.1) is 0 Å². The quantitative estimate of drug-likeness (QED) is 0.151. The fourth-order valence-corrected chi connectivity index (χ4v) is 10.9. The second kappa shape index (κ2) is 15.8. The molecular formula is C65H43NO. The molecule has 1 aliphatic carbocycles. The lowest BCUT2D eigenvalue weighted by molar-refractivity contribution is 0.669. The van der Waals surface area contributed by atoms with Crippen molar-refractivity contribution in [2.75, 3.05) is 4.90 Å². The van der Waals surface area contributed by atoms with Crippen molar-refractivity contribution in [1.29, 1.82) is 0 Å². The van der Waals surface area contributed by atoms with E-state index in [1.54, 1.807) is 0 Å². The van der Waals surface area contributed by atoms with E-state index in [4.69, 9.17) is 4.42 Å². The van der Waals surface area contributed by atoms with E-state index >= 15 is 0 Å². The molecule has 0 saturated carbocycles. The van der Waals surface area contributed by atoms with Crippen molar-refractivity contribution >= 4 is 49.8 Å². The lowest BCUT2D eigenvalue weighted by Crippen LogP contribution is -2.28. The molecule has 13 rings (SSSR count). The maximum Gasteiger partial charge on any atom is 0.135 e. The lowest BCUT2D eigenvalue weighted by atomic mass is 9.67. The van der Waals surface area contributed by atoms with Crippen LogP contribution in [-0.2, 0) is 5.41 Å². The Morgan fingerprint density at radius 3 is 1.69 bits per heavy atom. The Bertz CT molecular complexity index is 3770. The predicted octanol–water partition coefficient (Wildman–Crippen LogP) is 17.6. The Balaban J connectivity index is 0.999. The van der Waals surface area contributed by atoms with Gasteiger partial charge in [-0.1, -0.05) is 200 Å². The highest BCUT2D eigenvalue weighted by molar-refractivity contribution is 6.07. The molecule has 1 aromatic heterocycles. The maximum absolute atomic E-state index is 6.31.